The minimum atomic E-state index is -0.451. The monoisotopic (exact) mass is 479 g/mol. The van der Waals surface area contributed by atoms with Crippen LogP contribution in [0.1, 0.15) is 22.8 Å². The van der Waals surface area contributed by atoms with Crippen molar-refractivity contribution in [3.05, 3.63) is 65.9 Å². The largest absolute Gasteiger partial charge is 0.497 e. The maximum absolute atomic E-state index is 11.4. The fraction of sp³-hybridized carbons (Fsp3) is 0.320. The number of piperazine rings is 1. The van der Waals surface area contributed by atoms with E-state index in [-0.39, 0.29) is 0 Å². The minimum Gasteiger partial charge on any atom is -0.497 e. The van der Waals surface area contributed by atoms with E-state index in [1.54, 1.807) is 25.4 Å². The van der Waals surface area contributed by atoms with Crippen LogP contribution in [0.4, 0.5) is 5.95 Å². The third kappa shape index (κ3) is 5.78. The highest BCUT2D eigenvalue weighted by atomic mass is 32.2. The Balaban J connectivity index is 1.60. The zero-order valence-electron chi connectivity index (χ0n) is 19.6. The summed E-state index contributed by atoms with van der Waals surface area (Å²) in [6, 6.07) is 15.2. The molecule has 2 heterocycles. The van der Waals surface area contributed by atoms with Crippen LogP contribution < -0.4 is 20.1 Å². The first-order chi connectivity index (χ1) is 16.4. The molecule has 1 amide bonds. The quantitative estimate of drug-likeness (QED) is 0.525. The molecule has 0 saturated carbocycles. The topological polar surface area (TPSA) is 93.8 Å². The van der Waals surface area contributed by atoms with Crippen LogP contribution in [0.25, 0.3) is 0 Å². The second-order valence-electron chi connectivity index (χ2n) is 8.27. The Morgan fingerprint density at radius 2 is 2.00 bits per heavy atom. The summed E-state index contributed by atoms with van der Waals surface area (Å²) in [5, 5.41) is 0. The highest BCUT2D eigenvalue weighted by Gasteiger charge is 2.25. The van der Waals surface area contributed by atoms with Crippen molar-refractivity contribution in [3.8, 4) is 11.6 Å². The molecule has 0 bridgehead atoms. The number of hydrogen-bond donors (Lipinski definition) is 1. The molecule has 3 aromatic rings. The summed E-state index contributed by atoms with van der Waals surface area (Å²) in [6.07, 6.45) is 1.81. The number of nitrogens with two attached hydrogens (primary N) is 1. The van der Waals surface area contributed by atoms with Crippen LogP contribution >= 0.6 is 11.8 Å². The van der Waals surface area contributed by atoms with Gasteiger partial charge >= 0.3 is 0 Å². The summed E-state index contributed by atoms with van der Waals surface area (Å²) in [6.45, 7) is 5.29. The van der Waals surface area contributed by atoms with E-state index in [1.165, 1.54) is 11.8 Å². The molecule has 0 radical (unpaired) electrons. The number of hydrogen-bond acceptors (Lipinski definition) is 8. The van der Waals surface area contributed by atoms with Gasteiger partial charge in [-0.2, -0.15) is 4.98 Å². The second kappa shape index (κ2) is 10.8. The van der Waals surface area contributed by atoms with E-state index in [1.807, 2.05) is 36.4 Å². The van der Waals surface area contributed by atoms with Crippen molar-refractivity contribution in [2.24, 2.45) is 5.73 Å². The normalized spacial score (nSPS) is 16.3. The molecular weight excluding hydrogens is 450 g/mol. The Labute approximate surface area is 204 Å². The van der Waals surface area contributed by atoms with E-state index in [0.29, 0.717) is 30.0 Å². The summed E-state index contributed by atoms with van der Waals surface area (Å²) in [7, 11) is 3.77. The van der Waals surface area contributed by atoms with Crippen molar-refractivity contribution >= 4 is 23.6 Å². The van der Waals surface area contributed by atoms with Crippen LogP contribution in [0.3, 0.4) is 0 Å². The highest BCUT2D eigenvalue weighted by molar-refractivity contribution is 7.99. The van der Waals surface area contributed by atoms with Gasteiger partial charge in [-0.15, -0.1) is 0 Å². The Hall–Kier alpha value is -3.30. The highest BCUT2D eigenvalue weighted by Crippen LogP contribution is 2.35. The number of amides is 1. The molecule has 9 heteroatoms. The molecular formula is C25H29N5O3S. The molecule has 1 saturated heterocycles. The molecule has 2 aromatic carbocycles. The second-order valence-corrected chi connectivity index (χ2v) is 9.39. The van der Waals surface area contributed by atoms with Gasteiger partial charge in [-0.1, -0.05) is 23.9 Å². The molecule has 1 aromatic heterocycles. The molecule has 1 fully saturated rings. The fourth-order valence-electron chi connectivity index (χ4n) is 3.82. The van der Waals surface area contributed by atoms with Gasteiger partial charge in [-0.05, 0) is 55.9 Å². The molecule has 1 atom stereocenters. The molecule has 178 valence electrons. The van der Waals surface area contributed by atoms with E-state index < -0.39 is 5.91 Å². The standard InChI is InChI=1S/C25H29N5O3S/c1-17-15-29(2)11-12-30(17)25-27-14-22(34-21-9-7-19(8-10-21)23(26)31)24(28-25)33-16-18-5-4-6-20(13-18)32-3/h4-10,13-14,17H,11-12,15-16H2,1-3H3,(H2,26,31)/t17-/m1/s1. The average molecular weight is 480 g/mol. The lowest BCUT2D eigenvalue weighted by atomic mass is 10.2. The lowest BCUT2D eigenvalue weighted by Crippen LogP contribution is -2.51. The number of ether oxygens (including phenoxy) is 2. The molecule has 1 aliphatic rings. The van der Waals surface area contributed by atoms with Gasteiger partial charge in [-0.25, -0.2) is 4.98 Å². The number of aromatic nitrogens is 2. The Morgan fingerprint density at radius 3 is 2.71 bits per heavy atom. The number of rotatable bonds is 8. The third-order valence-electron chi connectivity index (χ3n) is 5.67. The van der Waals surface area contributed by atoms with Crippen molar-refractivity contribution < 1.29 is 14.3 Å². The number of likely N-dealkylation sites (N-methyl/N-ethyl adjacent to an activating group) is 1. The van der Waals surface area contributed by atoms with Crippen LogP contribution in [0.2, 0.25) is 0 Å². The molecule has 2 N–H and O–H groups in total. The number of carbonyl (C=O) groups is 1. The molecule has 34 heavy (non-hydrogen) atoms. The van der Waals surface area contributed by atoms with Crippen molar-refractivity contribution in [2.45, 2.75) is 29.4 Å². The minimum absolute atomic E-state index is 0.296. The van der Waals surface area contributed by atoms with E-state index >= 15 is 0 Å². The average Bonchev–Trinajstić information content (AvgIpc) is 2.84. The van der Waals surface area contributed by atoms with Gasteiger partial charge in [0.25, 0.3) is 0 Å². The van der Waals surface area contributed by atoms with Gasteiger partial charge in [0.2, 0.25) is 17.7 Å². The summed E-state index contributed by atoms with van der Waals surface area (Å²) in [4.78, 5) is 27.1. The molecule has 0 spiro atoms. The van der Waals surface area contributed by atoms with Crippen molar-refractivity contribution in [2.75, 3.05) is 38.7 Å². The maximum atomic E-state index is 11.4. The Kier molecular flexibility index (Phi) is 7.54. The molecule has 8 nitrogen and oxygen atoms in total. The number of primary amides is 1. The van der Waals surface area contributed by atoms with Crippen molar-refractivity contribution in [3.63, 3.8) is 0 Å². The summed E-state index contributed by atoms with van der Waals surface area (Å²) in [5.41, 5.74) is 6.81. The predicted octanol–water partition coefficient (Wildman–Crippen LogP) is 3.45. The fourth-order valence-corrected chi connectivity index (χ4v) is 4.65. The number of nitrogens with zero attached hydrogens (tertiary/aromatic N) is 4. The first-order valence-electron chi connectivity index (χ1n) is 11.1. The molecule has 0 aliphatic carbocycles. The first-order valence-corrected chi connectivity index (χ1v) is 11.9. The van der Waals surface area contributed by atoms with Crippen molar-refractivity contribution in [1.29, 1.82) is 0 Å². The zero-order chi connectivity index (χ0) is 24.1. The van der Waals surface area contributed by atoms with Crippen LogP contribution in [-0.4, -0.2) is 60.6 Å². The number of benzene rings is 2. The van der Waals surface area contributed by atoms with Crippen LogP contribution in [0.5, 0.6) is 11.6 Å². The lowest BCUT2D eigenvalue weighted by molar-refractivity contribution is 0.1000. The van der Waals surface area contributed by atoms with Gasteiger partial charge < -0.3 is 25.0 Å². The summed E-state index contributed by atoms with van der Waals surface area (Å²) >= 11 is 1.48. The van der Waals surface area contributed by atoms with Crippen LogP contribution in [0.15, 0.2) is 64.5 Å². The van der Waals surface area contributed by atoms with Gasteiger partial charge in [0.15, 0.2) is 0 Å². The smallest absolute Gasteiger partial charge is 0.248 e. The SMILES string of the molecule is COc1cccc(COc2nc(N3CCN(C)C[C@H]3C)ncc2Sc2ccc(C(N)=O)cc2)c1. The number of carbonyl (C=O) groups excluding carboxylic acids is 1. The Bertz CT molecular complexity index is 1140. The van der Waals surface area contributed by atoms with Crippen LogP contribution in [-0.2, 0) is 6.61 Å². The van der Waals surface area contributed by atoms with E-state index in [4.69, 9.17) is 20.2 Å². The predicted molar refractivity (Wildman–Crippen MR) is 133 cm³/mol. The lowest BCUT2D eigenvalue weighted by Gasteiger charge is -2.38. The third-order valence-corrected chi connectivity index (χ3v) is 6.68. The van der Waals surface area contributed by atoms with Crippen molar-refractivity contribution in [1.82, 2.24) is 14.9 Å². The molecule has 4 rings (SSSR count). The van der Waals surface area contributed by atoms with E-state index in [2.05, 4.69) is 28.8 Å². The summed E-state index contributed by atoms with van der Waals surface area (Å²) in [5.74, 6) is 1.50. The zero-order valence-corrected chi connectivity index (χ0v) is 20.4. The summed E-state index contributed by atoms with van der Waals surface area (Å²) < 4.78 is 11.5. The van der Waals surface area contributed by atoms with Gasteiger partial charge in [0.1, 0.15) is 12.4 Å². The maximum Gasteiger partial charge on any atom is 0.248 e. The first kappa shape index (κ1) is 23.8. The Morgan fingerprint density at radius 1 is 1.21 bits per heavy atom. The molecule has 0 unspecified atom stereocenters. The number of anilines is 1. The molecule has 1 aliphatic heterocycles. The van der Waals surface area contributed by atoms with E-state index in [0.717, 1.165) is 40.7 Å². The van der Waals surface area contributed by atoms with Gasteiger partial charge in [-0.3, -0.25) is 4.79 Å². The van der Waals surface area contributed by atoms with Gasteiger partial charge in [0.05, 0.1) is 18.2 Å². The van der Waals surface area contributed by atoms with Gasteiger partial charge in [0, 0.05) is 36.1 Å². The van der Waals surface area contributed by atoms with Crippen LogP contribution in [0, 0.1) is 0 Å². The van der Waals surface area contributed by atoms with E-state index in [9.17, 15) is 4.79 Å². The number of methoxy groups -OCH3 is 1.